The number of hydrogen-bond donors (Lipinski definition) is 0. The van der Waals surface area contributed by atoms with Crippen molar-refractivity contribution < 1.29 is 14.3 Å². The lowest BCUT2D eigenvalue weighted by molar-refractivity contribution is 0.0370. The minimum atomic E-state index is 0.145. The Kier molecular flexibility index (Phi) is 4.93. The number of benzene rings is 1. The third kappa shape index (κ3) is 3.78. The number of carbonyl (C=O) groups is 1. The molecule has 0 saturated carbocycles. The zero-order valence-corrected chi connectivity index (χ0v) is 11.6. The largest absolute Gasteiger partial charge is 0.496 e. The molecule has 1 aromatic carbocycles. The fourth-order valence-electron chi connectivity index (χ4n) is 2.26. The van der Waals surface area contributed by atoms with Crippen molar-refractivity contribution in [3.8, 4) is 5.75 Å². The van der Waals surface area contributed by atoms with Gasteiger partial charge in [-0.25, -0.2) is 0 Å². The van der Waals surface area contributed by atoms with Crippen molar-refractivity contribution >= 4 is 5.78 Å². The summed E-state index contributed by atoms with van der Waals surface area (Å²) >= 11 is 0. The molecule has 1 fully saturated rings. The smallest absolute Gasteiger partial charge is 0.167 e. The molecule has 1 aromatic rings. The van der Waals surface area contributed by atoms with Gasteiger partial charge in [0.2, 0.25) is 0 Å². The second-order valence-corrected chi connectivity index (χ2v) is 4.83. The predicted molar refractivity (Wildman–Crippen MR) is 73.9 cm³/mol. The van der Waals surface area contributed by atoms with Crippen molar-refractivity contribution in [3.05, 3.63) is 29.3 Å². The van der Waals surface area contributed by atoms with Gasteiger partial charge in [-0.05, 0) is 19.1 Å². The van der Waals surface area contributed by atoms with E-state index in [9.17, 15) is 4.79 Å². The topological polar surface area (TPSA) is 38.8 Å². The van der Waals surface area contributed by atoms with Gasteiger partial charge in [-0.2, -0.15) is 0 Å². The average molecular weight is 263 g/mol. The first-order valence-corrected chi connectivity index (χ1v) is 6.68. The number of ether oxygens (including phenoxy) is 2. The molecule has 0 radical (unpaired) electrons. The molecule has 0 bridgehead atoms. The molecule has 0 aliphatic carbocycles. The standard InChI is InChI=1S/C15H21NO3/c1-12-3-4-15(18-2)13(11-12)14(17)5-6-16-7-9-19-10-8-16/h3-4,11H,5-10H2,1-2H3. The molecule has 0 amide bonds. The van der Waals surface area contributed by atoms with E-state index in [-0.39, 0.29) is 5.78 Å². The normalized spacial score (nSPS) is 16.3. The number of rotatable bonds is 5. The van der Waals surface area contributed by atoms with Crippen molar-refractivity contribution in [2.45, 2.75) is 13.3 Å². The van der Waals surface area contributed by atoms with Gasteiger partial charge in [0.25, 0.3) is 0 Å². The number of ketones is 1. The van der Waals surface area contributed by atoms with Crippen molar-refractivity contribution in [1.29, 1.82) is 0 Å². The molecule has 0 N–H and O–H groups in total. The number of nitrogens with zero attached hydrogens (tertiary/aromatic N) is 1. The molecule has 4 heteroatoms. The van der Waals surface area contributed by atoms with Gasteiger partial charge in [-0.3, -0.25) is 9.69 Å². The third-order valence-electron chi connectivity index (χ3n) is 3.41. The average Bonchev–Trinajstić information content (AvgIpc) is 2.46. The molecule has 0 atom stereocenters. The molecule has 1 heterocycles. The Labute approximate surface area is 114 Å². The summed E-state index contributed by atoms with van der Waals surface area (Å²) in [5, 5.41) is 0. The maximum atomic E-state index is 12.3. The van der Waals surface area contributed by atoms with Gasteiger partial charge < -0.3 is 9.47 Å². The molecule has 1 aliphatic rings. The summed E-state index contributed by atoms with van der Waals surface area (Å²) < 4.78 is 10.6. The highest BCUT2D eigenvalue weighted by Gasteiger charge is 2.15. The number of carbonyl (C=O) groups excluding carboxylic acids is 1. The molecule has 104 valence electrons. The summed E-state index contributed by atoms with van der Waals surface area (Å²) in [5.74, 6) is 0.810. The maximum absolute atomic E-state index is 12.3. The molecule has 1 aliphatic heterocycles. The quantitative estimate of drug-likeness (QED) is 0.761. The number of hydrogen-bond acceptors (Lipinski definition) is 4. The van der Waals surface area contributed by atoms with Crippen molar-refractivity contribution in [2.75, 3.05) is 40.0 Å². The molecule has 1 saturated heterocycles. The van der Waals surface area contributed by atoms with Crippen LogP contribution in [0.15, 0.2) is 18.2 Å². The minimum Gasteiger partial charge on any atom is -0.496 e. The molecule has 0 unspecified atom stereocenters. The Morgan fingerprint density at radius 2 is 2.11 bits per heavy atom. The third-order valence-corrected chi connectivity index (χ3v) is 3.41. The maximum Gasteiger partial charge on any atom is 0.167 e. The van der Waals surface area contributed by atoms with Crippen LogP contribution in [-0.2, 0) is 4.74 Å². The van der Waals surface area contributed by atoms with Crippen LogP contribution < -0.4 is 4.74 Å². The summed E-state index contributed by atoms with van der Waals surface area (Å²) in [6.07, 6.45) is 0.528. The van der Waals surface area contributed by atoms with Crippen LogP contribution in [0.1, 0.15) is 22.3 Å². The van der Waals surface area contributed by atoms with Crippen LogP contribution in [-0.4, -0.2) is 50.6 Å². The van der Waals surface area contributed by atoms with Gasteiger partial charge >= 0.3 is 0 Å². The Morgan fingerprint density at radius 1 is 1.37 bits per heavy atom. The number of morpholine rings is 1. The van der Waals surface area contributed by atoms with Crippen LogP contribution >= 0.6 is 0 Å². The van der Waals surface area contributed by atoms with E-state index in [2.05, 4.69) is 4.90 Å². The first-order valence-electron chi connectivity index (χ1n) is 6.68. The molecule has 0 spiro atoms. The van der Waals surface area contributed by atoms with Gasteiger partial charge in [0.15, 0.2) is 5.78 Å². The highest BCUT2D eigenvalue weighted by molar-refractivity contribution is 5.99. The summed E-state index contributed by atoms with van der Waals surface area (Å²) in [6, 6.07) is 5.72. The first kappa shape index (κ1) is 14.0. The first-order chi connectivity index (χ1) is 9.20. The summed E-state index contributed by atoms with van der Waals surface area (Å²) in [7, 11) is 1.60. The van der Waals surface area contributed by atoms with Gasteiger partial charge in [0, 0.05) is 26.1 Å². The van der Waals surface area contributed by atoms with Gasteiger partial charge in [0.1, 0.15) is 5.75 Å². The van der Waals surface area contributed by atoms with E-state index in [0.29, 0.717) is 17.7 Å². The van der Waals surface area contributed by atoms with Crippen LogP contribution in [0.25, 0.3) is 0 Å². The van der Waals surface area contributed by atoms with E-state index in [0.717, 1.165) is 38.4 Å². The van der Waals surface area contributed by atoms with Gasteiger partial charge in [-0.15, -0.1) is 0 Å². The van der Waals surface area contributed by atoms with E-state index < -0.39 is 0 Å². The SMILES string of the molecule is COc1ccc(C)cc1C(=O)CCN1CCOCC1. The van der Waals surface area contributed by atoms with Crippen molar-refractivity contribution in [3.63, 3.8) is 0 Å². The summed E-state index contributed by atoms with van der Waals surface area (Å²) in [6.45, 7) is 6.14. The second-order valence-electron chi connectivity index (χ2n) is 4.83. The molecule has 2 rings (SSSR count). The van der Waals surface area contributed by atoms with E-state index in [1.165, 1.54) is 0 Å². The van der Waals surface area contributed by atoms with E-state index in [1.807, 2.05) is 25.1 Å². The minimum absolute atomic E-state index is 0.145. The molecule has 19 heavy (non-hydrogen) atoms. The fraction of sp³-hybridized carbons (Fsp3) is 0.533. The number of Topliss-reactive ketones (excluding diaryl/α,β-unsaturated/α-hetero) is 1. The Balaban J connectivity index is 1.97. The monoisotopic (exact) mass is 263 g/mol. The van der Waals surface area contributed by atoms with Crippen LogP contribution in [0.2, 0.25) is 0 Å². The second kappa shape index (κ2) is 6.68. The van der Waals surface area contributed by atoms with Gasteiger partial charge in [-0.1, -0.05) is 11.6 Å². The van der Waals surface area contributed by atoms with Gasteiger partial charge in [0.05, 0.1) is 25.9 Å². The van der Waals surface area contributed by atoms with Crippen molar-refractivity contribution in [1.82, 2.24) is 4.90 Å². The summed E-state index contributed by atoms with van der Waals surface area (Å²) in [5.41, 5.74) is 1.77. The van der Waals surface area contributed by atoms with Crippen LogP contribution in [0.4, 0.5) is 0 Å². The van der Waals surface area contributed by atoms with E-state index in [1.54, 1.807) is 7.11 Å². The molecule has 4 nitrogen and oxygen atoms in total. The lowest BCUT2D eigenvalue weighted by Crippen LogP contribution is -2.37. The van der Waals surface area contributed by atoms with Crippen molar-refractivity contribution in [2.24, 2.45) is 0 Å². The van der Waals surface area contributed by atoms with E-state index in [4.69, 9.17) is 9.47 Å². The Morgan fingerprint density at radius 3 is 2.79 bits per heavy atom. The number of aryl methyl sites for hydroxylation is 1. The fourth-order valence-corrected chi connectivity index (χ4v) is 2.26. The molecular weight excluding hydrogens is 242 g/mol. The van der Waals surface area contributed by atoms with Crippen LogP contribution in [0.5, 0.6) is 5.75 Å². The zero-order valence-electron chi connectivity index (χ0n) is 11.6. The van der Waals surface area contributed by atoms with E-state index >= 15 is 0 Å². The molecule has 0 aromatic heterocycles. The highest BCUT2D eigenvalue weighted by Crippen LogP contribution is 2.21. The number of methoxy groups -OCH3 is 1. The lowest BCUT2D eigenvalue weighted by atomic mass is 10.0. The van der Waals surface area contributed by atoms with Crippen LogP contribution in [0, 0.1) is 6.92 Å². The lowest BCUT2D eigenvalue weighted by Gasteiger charge is -2.26. The predicted octanol–water partition coefficient (Wildman–Crippen LogP) is 1.91. The Hall–Kier alpha value is -1.39. The Bertz CT molecular complexity index is 439. The highest BCUT2D eigenvalue weighted by atomic mass is 16.5. The van der Waals surface area contributed by atoms with Crippen LogP contribution in [0.3, 0.4) is 0 Å². The molecular formula is C15H21NO3. The summed E-state index contributed by atoms with van der Waals surface area (Å²) in [4.78, 5) is 14.5. The zero-order chi connectivity index (χ0) is 13.7.